The van der Waals surface area contributed by atoms with Crippen LogP contribution in [0.3, 0.4) is 0 Å². The van der Waals surface area contributed by atoms with Crippen molar-refractivity contribution < 1.29 is 23.8 Å². The SMILES string of the molecule is CCOC(=O)c1cc(C(=O)OC)cc(OC)n1. The molecule has 1 heterocycles. The van der Waals surface area contributed by atoms with Crippen LogP contribution in [0.2, 0.25) is 0 Å². The van der Waals surface area contributed by atoms with Crippen LogP contribution < -0.4 is 4.74 Å². The monoisotopic (exact) mass is 239 g/mol. The quantitative estimate of drug-likeness (QED) is 0.731. The normalized spacial score (nSPS) is 9.59. The molecule has 0 aliphatic heterocycles. The topological polar surface area (TPSA) is 74.7 Å². The van der Waals surface area contributed by atoms with Crippen molar-refractivity contribution in [1.82, 2.24) is 4.98 Å². The van der Waals surface area contributed by atoms with Crippen LogP contribution in [-0.4, -0.2) is 37.7 Å². The molecule has 0 radical (unpaired) electrons. The molecule has 92 valence electrons. The number of carbonyl (C=O) groups is 2. The first-order valence-electron chi connectivity index (χ1n) is 4.93. The molecule has 1 aromatic rings. The lowest BCUT2D eigenvalue weighted by Crippen LogP contribution is -2.11. The van der Waals surface area contributed by atoms with Gasteiger partial charge in [0.15, 0.2) is 5.69 Å². The van der Waals surface area contributed by atoms with Gasteiger partial charge in [-0.05, 0) is 13.0 Å². The molecule has 0 aromatic carbocycles. The Morgan fingerprint density at radius 1 is 1.24 bits per heavy atom. The van der Waals surface area contributed by atoms with Crippen molar-refractivity contribution >= 4 is 11.9 Å². The van der Waals surface area contributed by atoms with Crippen molar-refractivity contribution in [2.75, 3.05) is 20.8 Å². The first kappa shape index (κ1) is 13.0. The summed E-state index contributed by atoms with van der Waals surface area (Å²) < 4.78 is 14.2. The maximum Gasteiger partial charge on any atom is 0.357 e. The number of nitrogens with zero attached hydrogens (tertiary/aromatic N) is 1. The van der Waals surface area contributed by atoms with Crippen LogP contribution in [-0.2, 0) is 9.47 Å². The summed E-state index contributed by atoms with van der Waals surface area (Å²) in [7, 11) is 2.64. The van der Waals surface area contributed by atoms with Gasteiger partial charge in [0.1, 0.15) is 0 Å². The number of ether oxygens (including phenoxy) is 3. The Bertz CT molecular complexity index is 430. The van der Waals surface area contributed by atoms with Crippen LogP contribution >= 0.6 is 0 Å². The van der Waals surface area contributed by atoms with Crippen molar-refractivity contribution in [3.8, 4) is 5.88 Å². The minimum absolute atomic E-state index is 0.00611. The summed E-state index contributed by atoms with van der Waals surface area (Å²) in [5, 5.41) is 0. The summed E-state index contributed by atoms with van der Waals surface area (Å²) in [6.07, 6.45) is 0. The lowest BCUT2D eigenvalue weighted by Gasteiger charge is -2.06. The smallest absolute Gasteiger partial charge is 0.357 e. The van der Waals surface area contributed by atoms with E-state index in [1.165, 1.54) is 26.4 Å². The van der Waals surface area contributed by atoms with Crippen LogP contribution in [0.1, 0.15) is 27.8 Å². The Morgan fingerprint density at radius 3 is 2.47 bits per heavy atom. The van der Waals surface area contributed by atoms with E-state index in [0.29, 0.717) is 0 Å². The van der Waals surface area contributed by atoms with Crippen molar-refractivity contribution in [1.29, 1.82) is 0 Å². The van der Waals surface area contributed by atoms with E-state index in [0.717, 1.165) is 0 Å². The summed E-state index contributed by atoms with van der Waals surface area (Å²) in [4.78, 5) is 26.7. The zero-order valence-electron chi connectivity index (χ0n) is 9.85. The second-order valence-corrected chi connectivity index (χ2v) is 3.00. The average Bonchev–Trinajstić information content (AvgIpc) is 2.37. The van der Waals surface area contributed by atoms with Gasteiger partial charge in [0.2, 0.25) is 5.88 Å². The molecule has 0 saturated heterocycles. The summed E-state index contributed by atoms with van der Waals surface area (Å²) in [6, 6.07) is 2.68. The Hall–Kier alpha value is -2.11. The number of methoxy groups -OCH3 is 2. The summed E-state index contributed by atoms with van der Waals surface area (Å²) >= 11 is 0. The predicted molar refractivity (Wildman–Crippen MR) is 58.1 cm³/mol. The minimum Gasteiger partial charge on any atom is -0.481 e. The molecule has 6 nitrogen and oxygen atoms in total. The molecule has 0 unspecified atom stereocenters. The molecule has 1 aromatic heterocycles. The third kappa shape index (κ3) is 3.17. The van der Waals surface area contributed by atoms with Gasteiger partial charge in [0, 0.05) is 6.07 Å². The Balaban J connectivity index is 3.13. The highest BCUT2D eigenvalue weighted by atomic mass is 16.5. The number of hydrogen-bond acceptors (Lipinski definition) is 6. The fourth-order valence-corrected chi connectivity index (χ4v) is 1.16. The van der Waals surface area contributed by atoms with Crippen LogP contribution in [0.15, 0.2) is 12.1 Å². The molecule has 0 fully saturated rings. The highest BCUT2D eigenvalue weighted by Gasteiger charge is 2.15. The van der Waals surface area contributed by atoms with E-state index in [1.54, 1.807) is 6.92 Å². The van der Waals surface area contributed by atoms with E-state index in [-0.39, 0.29) is 23.7 Å². The maximum absolute atomic E-state index is 11.5. The van der Waals surface area contributed by atoms with Crippen molar-refractivity contribution in [2.24, 2.45) is 0 Å². The van der Waals surface area contributed by atoms with Crippen molar-refractivity contribution in [3.05, 3.63) is 23.4 Å². The average molecular weight is 239 g/mol. The zero-order chi connectivity index (χ0) is 12.8. The molecular weight excluding hydrogens is 226 g/mol. The van der Waals surface area contributed by atoms with Crippen molar-refractivity contribution in [3.63, 3.8) is 0 Å². The van der Waals surface area contributed by atoms with E-state index in [9.17, 15) is 9.59 Å². The molecule has 0 aliphatic rings. The fraction of sp³-hybridized carbons (Fsp3) is 0.364. The predicted octanol–water partition coefficient (Wildman–Crippen LogP) is 1.05. The lowest BCUT2D eigenvalue weighted by atomic mass is 10.2. The maximum atomic E-state index is 11.5. The Morgan fingerprint density at radius 2 is 1.94 bits per heavy atom. The Kier molecular flexibility index (Phi) is 4.45. The molecule has 0 spiro atoms. The Labute approximate surface area is 98.5 Å². The second-order valence-electron chi connectivity index (χ2n) is 3.00. The van der Waals surface area contributed by atoms with Gasteiger partial charge < -0.3 is 14.2 Å². The number of hydrogen-bond donors (Lipinski definition) is 0. The number of esters is 2. The van der Waals surface area contributed by atoms with E-state index in [1.807, 2.05) is 0 Å². The molecular formula is C11H13NO5. The summed E-state index contributed by atoms with van der Waals surface area (Å²) in [5.74, 6) is -1.04. The van der Waals surface area contributed by atoms with E-state index >= 15 is 0 Å². The number of pyridine rings is 1. The van der Waals surface area contributed by atoms with Gasteiger partial charge in [-0.2, -0.15) is 0 Å². The number of carbonyl (C=O) groups excluding carboxylic acids is 2. The van der Waals surface area contributed by atoms with Gasteiger partial charge in [-0.25, -0.2) is 14.6 Å². The largest absolute Gasteiger partial charge is 0.481 e. The van der Waals surface area contributed by atoms with E-state index < -0.39 is 11.9 Å². The first-order valence-corrected chi connectivity index (χ1v) is 4.93. The molecule has 0 amide bonds. The van der Waals surface area contributed by atoms with Crippen LogP contribution in [0.4, 0.5) is 0 Å². The van der Waals surface area contributed by atoms with Gasteiger partial charge in [-0.1, -0.05) is 0 Å². The molecule has 0 atom stereocenters. The fourth-order valence-electron chi connectivity index (χ4n) is 1.16. The third-order valence-corrected chi connectivity index (χ3v) is 1.92. The van der Waals surface area contributed by atoms with Crippen molar-refractivity contribution in [2.45, 2.75) is 6.92 Å². The highest BCUT2D eigenvalue weighted by molar-refractivity contribution is 5.94. The molecule has 0 N–H and O–H groups in total. The minimum atomic E-state index is -0.614. The standard InChI is InChI=1S/C11H13NO5/c1-4-17-11(14)8-5-7(10(13)16-3)6-9(12-8)15-2/h5-6H,4H2,1-3H3. The van der Waals surface area contributed by atoms with E-state index in [4.69, 9.17) is 9.47 Å². The van der Waals surface area contributed by atoms with Gasteiger partial charge in [-0.3, -0.25) is 0 Å². The highest BCUT2D eigenvalue weighted by Crippen LogP contribution is 2.14. The van der Waals surface area contributed by atoms with Gasteiger partial charge in [0.05, 0.1) is 26.4 Å². The molecule has 1 rings (SSSR count). The van der Waals surface area contributed by atoms with Gasteiger partial charge in [-0.15, -0.1) is 0 Å². The van der Waals surface area contributed by atoms with E-state index in [2.05, 4.69) is 9.72 Å². The zero-order valence-corrected chi connectivity index (χ0v) is 9.85. The van der Waals surface area contributed by atoms with Crippen LogP contribution in [0, 0.1) is 0 Å². The van der Waals surface area contributed by atoms with Gasteiger partial charge in [0.25, 0.3) is 0 Å². The van der Waals surface area contributed by atoms with Crippen LogP contribution in [0.25, 0.3) is 0 Å². The lowest BCUT2D eigenvalue weighted by molar-refractivity contribution is 0.0518. The van der Waals surface area contributed by atoms with Crippen LogP contribution in [0.5, 0.6) is 5.88 Å². The number of aromatic nitrogens is 1. The molecule has 6 heteroatoms. The summed E-state index contributed by atoms with van der Waals surface area (Å²) in [6.45, 7) is 1.91. The molecule has 0 aliphatic carbocycles. The summed E-state index contributed by atoms with van der Waals surface area (Å²) in [5.41, 5.74) is 0.189. The van der Waals surface area contributed by atoms with Gasteiger partial charge >= 0.3 is 11.9 Å². The number of rotatable bonds is 4. The molecule has 17 heavy (non-hydrogen) atoms. The second kappa shape index (κ2) is 5.83. The molecule has 0 bridgehead atoms. The molecule has 0 saturated carbocycles. The third-order valence-electron chi connectivity index (χ3n) is 1.92. The first-order chi connectivity index (χ1) is 8.12.